The SMILES string of the molecule is CCN(CC)COP(=O)(O)OCN(CC)CC. The second-order valence-corrected chi connectivity index (χ2v) is 5.05. The Morgan fingerprint density at radius 1 is 0.882 bits per heavy atom. The highest BCUT2D eigenvalue weighted by Gasteiger charge is 2.22. The number of phosphoric acid groups is 1. The summed E-state index contributed by atoms with van der Waals surface area (Å²) >= 11 is 0. The summed E-state index contributed by atoms with van der Waals surface area (Å²) in [5.74, 6) is 0. The van der Waals surface area contributed by atoms with Crippen molar-refractivity contribution in [3.63, 3.8) is 0 Å². The summed E-state index contributed by atoms with van der Waals surface area (Å²) in [6, 6.07) is 0. The first-order valence-corrected chi connectivity index (χ1v) is 7.55. The van der Waals surface area contributed by atoms with E-state index in [1.54, 1.807) is 0 Å². The van der Waals surface area contributed by atoms with E-state index in [4.69, 9.17) is 9.05 Å². The highest BCUT2D eigenvalue weighted by molar-refractivity contribution is 7.47. The van der Waals surface area contributed by atoms with Gasteiger partial charge in [0.2, 0.25) is 0 Å². The standard InChI is InChI=1S/C10H25N2O4P/c1-5-11(6-2)9-15-17(13,14)16-10-12(7-3)8-4/h5-10H2,1-4H3,(H,13,14). The molecule has 0 aliphatic heterocycles. The van der Waals surface area contributed by atoms with Gasteiger partial charge >= 0.3 is 7.82 Å². The Kier molecular flexibility index (Phi) is 9.04. The third kappa shape index (κ3) is 7.86. The summed E-state index contributed by atoms with van der Waals surface area (Å²) in [6.45, 7) is 11.2. The molecule has 7 heteroatoms. The van der Waals surface area contributed by atoms with Crippen LogP contribution in [0.25, 0.3) is 0 Å². The summed E-state index contributed by atoms with van der Waals surface area (Å²) in [7, 11) is -3.94. The molecule has 0 spiro atoms. The highest BCUT2D eigenvalue weighted by Crippen LogP contribution is 2.43. The molecular weight excluding hydrogens is 243 g/mol. The molecule has 17 heavy (non-hydrogen) atoms. The Morgan fingerprint density at radius 2 is 1.18 bits per heavy atom. The molecule has 0 unspecified atom stereocenters. The first kappa shape index (κ1) is 17.0. The van der Waals surface area contributed by atoms with E-state index < -0.39 is 7.82 Å². The number of phosphoric ester groups is 1. The molecule has 104 valence electrons. The lowest BCUT2D eigenvalue weighted by Crippen LogP contribution is -2.27. The molecule has 0 saturated carbocycles. The van der Waals surface area contributed by atoms with Gasteiger partial charge in [0.05, 0.1) is 0 Å². The zero-order chi connectivity index (χ0) is 13.3. The molecule has 0 aliphatic carbocycles. The minimum Gasteiger partial charge on any atom is -0.302 e. The van der Waals surface area contributed by atoms with Crippen LogP contribution in [0.1, 0.15) is 27.7 Å². The summed E-state index contributed by atoms with van der Waals surface area (Å²) < 4.78 is 21.3. The van der Waals surface area contributed by atoms with Crippen LogP contribution in [0.2, 0.25) is 0 Å². The largest absolute Gasteiger partial charge is 0.474 e. The van der Waals surface area contributed by atoms with Crippen molar-refractivity contribution in [2.45, 2.75) is 27.7 Å². The van der Waals surface area contributed by atoms with E-state index in [0.29, 0.717) is 0 Å². The van der Waals surface area contributed by atoms with Gasteiger partial charge in [-0.05, 0) is 26.2 Å². The summed E-state index contributed by atoms with van der Waals surface area (Å²) in [5.41, 5.74) is 0. The fraction of sp³-hybridized carbons (Fsp3) is 1.00. The van der Waals surface area contributed by atoms with Gasteiger partial charge in [0.15, 0.2) is 0 Å². The van der Waals surface area contributed by atoms with Crippen molar-refractivity contribution in [2.75, 3.05) is 39.6 Å². The van der Waals surface area contributed by atoms with Crippen molar-refractivity contribution < 1.29 is 18.5 Å². The first-order valence-electron chi connectivity index (χ1n) is 6.05. The molecular formula is C10H25N2O4P. The van der Waals surface area contributed by atoms with Crippen molar-refractivity contribution >= 4 is 7.82 Å². The van der Waals surface area contributed by atoms with Crippen LogP contribution in [-0.4, -0.2) is 54.3 Å². The smallest absolute Gasteiger partial charge is 0.302 e. The third-order valence-corrected chi connectivity index (χ3v) is 3.48. The van der Waals surface area contributed by atoms with E-state index >= 15 is 0 Å². The van der Waals surface area contributed by atoms with Crippen LogP contribution in [0, 0.1) is 0 Å². The number of hydrogen-bond donors (Lipinski definition) is 1. The van der Waals surface area contributed by atoms with Gasteiger partial charge in [-0.15, -0.1) is 0 Å². The van der Waals surface area contributed by atoms with Crippen LogP contribution in [0.4, 0.5) is 0 Å². The van der Waals surface area contributed by atoms with Crippen LogP contribution in [0.3, 0.4) is 0 Å². The fourth-order valence-corrected chi connectivity index (χ4v) is 1.85. The van der Waals surface area contributed by atoms with Crippen molar-refractivity contribution in [1.82, 2.24) is 9.80 Å². The van der Waals surface area contributed by atoms with Crippen molar-refractivity contribution in [3.8, 4) is 0 Å². The Morgan fingerprint density at radius 3 is 1.41 bits per heavy atom. The number of hydrogen-bond acceptors (Lipinski definition) is 5. The average Bonchev–Trinajstić information content (AvgIpc) is 2.31. The maximum absolute atomic E-state index is 11.5. The average molecular weight is 268 g/mol. The molecule has 0 saturated heterocycles. The lowest BCUT2D eigenvalue weighted by Gasteiger charge is -2.22. The maximum atomic E-state index is 11.5. The predicted molar refractivity (Wildman–Crippen MR) is 67.6 cm³/mol. The van der Waals surface area contributed by atoms with Crippen LogP contribution in [-0.2, 0) is 13.6 Å². The first-order chi connectivity index (χ1) is 7.99. The molecule has 0 fully saturated rings. The van der Waals surface area contributed by atoms with E-state index in [-0.39, 0.29) is 13.5 Å². The Hall–Kier alpha value is 0.0300. The van der Waals surface area contributed by atoms with Gasteiger partial charge < -0.3 is 4.89 Å². The Bertz CT molecular complexity index is 212. The molecule has 0 aromatic carbocycles. The second-order valence-electron chi connectivity index (χ2n) is 3.59. The Balaban J connectivity index is 3.98. The lowest BCUT2D eigenvalue weighted by atomic mass is 10.6. The minimum absolute atomic E-state index is 0.110. The van der Waals surface area contributed by atoms with Gasteiger partial charge in [0.1, 0.15) is 13.5 Å². The maximum Gasteiger partial charge on any atom is 0.474 e. The van der Waals surface area contributed by atoms with Crippen LogP contribution >= 0.6 is 7.82 Å². The van der Waals surface area contributed by atoms with Crippen LogP contribution < -0.4 is 0 Å². The molecule has 0 rings (SSSR count). The number of nitrogens with zero attached hydrogens (tertiary/aromatic N) is 2. The van der Waals surface area contributed by atoms with Gasteiger partial charge in [-0.25, -0.2) is 4.57 Å². The third-order valence-electron chi connectivity index (χ3n) is 2.60. The van der Waals surface area contributed by atoms with Crippen molar-refractivity contribution in [1.29, 1.82) is 0 Å². The second kappa shape index (κ2) is 9.03. The van der Waals surface area contributed by atoms with Gasteiger partial charge in [-0.1, -0.05) is 27.7 Å². The van der Waals surface area contributed by atoms with Gasteiger partial charge in [-0.3, -0.25) is 18.8 Å². The van der Waals surface area contributed by atoms with Crippen LogP contribution in [0.5, 0.6) is 0 Å². The van der Waals surface area contributed by atoms with Crippen molar-refractivity contribution in [3.05, 3.63) is 0 Å². The molecule has 0 aromatic heterocycles. The normalized spacial score (nSPS) is 12.6. The summed E-state index contributed by atoms with van der Waals surface area (Å²) in [6.07, 6.45) is 0. The van der Waals surface area contributed by atoms with Gasteiger partial charge in [0.25, 0.3) is 0 Å². The molecule has 0 amide bonds. The van der Waals surface area contributed by atoms with E-state index in [2.05, 4.69) is 0 Å². The van der Waals surface area contributed by atoms with E-state index in [1.165, 1.54) is 0 Å². The van der Waals surface area contributed by atoms with Gasteiger partial charge in [-0.2, -0.15) is 0 Å². The summed E-state index contributed by atoms with van der Waals surface area (Å²) in [4.78, 5) is 13.2. The van der Waals surface area contributed by atoms with E-state index in [0.717, 1.165) is 26.2 Å². The molecule has 6 nitrogen and oxygen atoms in total. The topological polar surface area (TPSA) is 62.2 Å². The summed E-state index contributed by atoms with van der Waals surface area (Å²) in [5, 5.41) is 0. The molecule has 0 aromatic rings. The van der Waals surface area contributed by atoms with E-state index in [1.807, 2.05) is 37.5 Å². The molecule has 0 bridgehead atoms. The quantitative estimate of drug-likeness (QED) is 0.481. The molecule has 0 atom stereocenters. The molecule has 1 N–H and O–H groups in total. The lowest BCUT2D eigenvalue weighted by molar-refractivity contribution is 0.0507. The minimum atomic E-state index is -3.94. The Labute approximate surface area is 104 Å². The van der Waals surface area contributed by atoms with Crippen molar-refractivity contribution in [2.24, 2.45) is 0 Å². The zero-order valence-electron chi connectivity index (χ0n) is 11.3. The van der Waals surface area contributed by atoms with Gasteiger partial charge in [0, 0.05) is 0 Å². The number of rotatable bonds is 10. The molecule has 0 aliphatic rings. The highest BCUT2D eigenvalue weighted by atomic mass is 31.2. The predicted octanol–water partition coefficient (Wildman–Crippen LogP) is 1.72. The van der Waals surface area contributed by atoms with Crippen LogP contribution in [0.15, 0.2) is 0 Å². The monoisotopic (exact) mass is 268 g/mol. The van der Waals surface area contributed by atoms with E-state index in [9.17, 15) is 9.46 Å². The fourth-order valence-electron chi connectivity index (χ4n) is 1.16. The molecule has 0 radical (unpaired) electrons. The zero-order valence-corrected chi connectivity index (χ0v) is 12.2. The molecule has 0 heterocycles.